The van der Waals surface area contributed by atoms with Gasteiger partial charge in [-0.1, -0.05) is 18.7 Å². The van der Waals surface area contributed by atoms with Crippen LogP contribution in [0.15, 0.2) is 0 Å². The van der Waals surface area contributed by atoms with Crippen LogP contribution >= 0.6 is 11.8 Å². The van der Waals surface area contributed by atoms with Gasteiger partial charge in [0.1, 0.15) is 0 Å². The van der Waals surface area contributed by atoms with Gasteiger partial charge in [-0.25, -0.2) is 0 Å². The monoisotopic (exact) mass is 147 g/mol. The second kappa shape index (κ2) is 4.82. The number of hydrogen-bond acceptors (Lipinski definition) is 3. The Morgan fingerprint density at radius 1 is 1.78 bits per heavy atom. The Hall–Kier alpha value is -0.0200. The van der Waals surface area contributed by atoms with E-state index in [1.165, 1.54) is 11.8 Å². The normalized spacial score (nSPS) is 13.2. The van der Waals surface area contributed by atoms with Crippen molar-refractivity contribution in [3.63, 3.8) is 0 Å². The first-order chi connectivity index (χ1) is 4.16. The first kappa shape index (κ1) is 8.98. The van der Waals surface area contributed by atoms with Crippen LogP contribution in [0, 0.1) is 0 Å². The van der Waals surface area contributed by atoms with Crippen molar-refractivity contribution in [2.24, 2.45) is 5.73 Å². The lowest BCUT2D eigenvalue weighted by Crippen LogP contribution is -2.18. The zero-order valence-electron chi connectivity index (χ0n) is 5.89. The zero-order valence-corrected chi connectivity index (χ0v) is 6.70. The van der Waals surface area contributed by atoms with Crippen molar-refractivity contribution in [2.45, 2.75) is 26.3 Å². The molecule has 1 atom stereocenters. The van der Waals surface area contributed by atoms with E-state index in [0.717, 1.165) is 5.75 Å². The molecule has 0 aliphatic rings. The van der Waals surface area contributed by atoms with Gasteiger partial charge in [0.15, 0.2) is 5.12 Å². The summed E-state index contributed by atoms with van der Waals surface area (Å²) in [7, 11) is 0. The summed E-state index contributed by atoms with van der Waals surface area (Å²) in [6.45, 7) is 3.76. The summed E-state index contributed by atoms with van der Waals surface area (Å²) >= 11 is 1.32. The predicted octanol–water partition coefficient (Wildman–Crippen LogP) is 1.00. The van der Waals surface area contributed by atoms with Crippen LogP contribution in [0.4, 0.5) is 0 Å². The van der Waals surface area contributed by atoms with Crippen molar-refractivity contribution in [3.05, 3.63) is 0 Å². The Morgan fingerprint density at radius 3 is 2.67 bits per heavy atom. The van der Waals surface area contributed by atoms with Gasteiger partial charge in [-0.05, 0) is 6.92 Å². The maximum absolute atomic E-state index is 10.6. The van der Waals surface area contributed by atoms with Gasteiger partial charge in [0.2, 0.25) is 0 Å². The lowest BCUT2D eigenvalue weighted by Gasteiger charge is -2.00. The van der Waals surface area contributed by atoms with E-state index in [-0.39, 0.29) is 11.2 Å². The fourth-order valence-corrected chi connectivity index (χ4v) is 0.979. The fraction of sp³-hybridized carbons (Fsp3) is 0.833. The van der Waals surface area contributed by atoms with Gasteiger partial charge >= 0.3 is 0 Å². The maximum Gasteiger partial charge on any atom is 0.188 e. The third-order valence-electron chi connectivity index (χ3n) is 0.796. The molecule has 0 bridgehead atoms. The Balaban J connectivity index is 3.17. The molecule has 2 N–H and O–H groups in total. The predicted molar refractivity (Wildman–Crippen MR) is 41.4 cm³/mol. The van der Waals surface area contributed by atoms with Gasteiger partial charge in [-0.2, -0.15) is 0 Å². The van der Waals surface area contributed by atoms with E-state index < -0.39 is 0 Å². The molecule has 0 aliphatic carbocycles. The Morgan fingerprint density at radius 2 is 2.33 bits per heavy atom. The molecule has 0 saturated heterocycles. The molecule has 0 amide bonds. The number of thioether (sulfide) groups is 1. The van der Waals surface area contributed by atoms with Crippen LogP contribution < -0.4 is 5.73 Å². The van der Waals surface area contributed by atoms with Crippen LogP contribution in [0.3, 0.4) is 0 Å². The second-order valence-corrected chi connectivity index (χ2v) is 3.09. The van der Waals surface area contributed by atoms with E-state index in [9.17, 15) is 4.79 Å². The molecular weight excluding hydrogens is 134 g/mol. The SMILES string of the molecule is CCC(=O)SC[C@@H](C)N. The molecule has 3 heteroatoms. The molecule has 0 aromatic carbocycles. The Labute approximate surface area is 60.2 Å². The summed E-state index contributed by atoms with van der Waals surface area (Å²) in [5, 5.41) is 0.229. The van der Waals surface area contributed by atoms with E-state index in [1.807, 2.05) is 13.8 Å². The first-order valence-electron chi connectivity index (χ1n) is 3.08. The molecule has 0 heterocycles. The molecular formula is C6H13NOS. The quantitative estimate of drug-likeness (QED) is 0.647. The first-order valence-corrected chi connectivity index (χ1v) is 4.06. The van der Waals surface area contributed by atoms with Crippen LogP contribution in [0.2, 0.25) is 0 Å². The van der Waals surface area contributed by atoms with Gasteiger partial charge in [-0.3, -0.25) is 4.79 Å². The van der Waals surface area contributed by atoms with Gasteiger partial charge in [0.05, 0.1) is 0 Å². The number of hydrogen-bond donors (Lipinski definition) is 1. The molecule has 0 saturated carbocycles. The summed E-state index contributed by atoms with van der Waals surface area (Å²) in [5.74, 6) is 0.743. The lowest BCUT2D eigenvalue weighted by atomic mass is 10.4. The van der Waals surface area contributed by atoms with Gasteiger partial charge in [0.25, 0.3) is 0 Å². The van der Waals surface area contributed by atoms with Crippen molar-refractivity contribution in [3.8, 4) is 0 Å². The lowest BCUT2D eigenvalue weighted by molar-refractivity contribution is -0.110. The van der Waals surface area contributed by atoms with Crippen LogP contribution in [0.1, 0.15) is 20.3 Å². The van der Waals surface area contributed by atoms with Crippen molar-refractivity contribution in [1.82, 2.24) is 0 Å². The van der Waals surface area contributed by atoms with Crippen LogP contribution in [-0.4, -0.2) is 16.9 Å². The summed E-state index contributed by atoms with van der Waals surface area (Å²) in [5.41, 5.74) is 5.42. The molecule has 0 radical (unpaired) electrons. The molecule has 2 nitrogen and oxygen atoms in total. The number of carbonyl (C=O) groups is 1. The molecule has 0 aliphatic heterocycles. The zero-order chi connectivity index (χ0) is 7.28. The molecule has 0 fully saturated rings. The van der Waals surface area contributed by atoms with Crippen LogP contribution in [-0.2, 0) is 4.79 Å². The highest BCUT2D eigenvalue weighted by Gasteiger charge is 1.99. The standard InChI is InChI=1S/C6H13NOS/c1-3-6(8)9-4-5(2)7/h5H,3-4,7H2,1-2H3/t5-/m1/s1. The van der Waals surface area contributed by atoms with Gasteiger partial charge in [0, 0.05) is 18.2 Å². The highest BCUT2D eigenvalue weighted by atomic mass is 32.2. The average molecular weight is 147 g/mol. The Bertz CT molecular complexity index is 93.1. The number of rotatable bonds is 3. The van der Waals surface area contributed by atoms with Crippen molar-refractivity contribution in [2.75, 3.05) is 5.75 Å². The number of carbonyl (C=O) groups excluding carboxylic acids is 1. The molecule has 9 heavy (non-hydrogen) atoms. The average Bonchev–Trinajstić information content (AvgIpc) is 1.83. The molecule has 54 valence electrons. The van der Waals surface area contributed by atoms with E-state index in [4.69, 9.17) is 5.73 Å². The maximum atomic E-state index is 10.6. The van der Waals surface area contributed by atoms with Gasteiger partial charge in [-0.15, -0.1) is 0 Å². The summed E-state index contributed by atoms with van der Waals surface area (Å²) < 4.78 is 0. The van der Waals surface area contributed by atoms with E-state index in [0.29, 0.717) is 6.42 Å². The topological polar surface area (TPSA) is 43.1 Å². The minimum atomic E-state index is 0.130. The number of nitrogens with two attached hydrogens (primary N) is 1. The van der Waals surface area contributed by atoms with Crippen LogP contribution in [0.5, 0.6) is 0 Å². The second-order valence-electron chi connectivity index (χ2n) is 2.01. The molecule has 0 spiro atoms. The molecule has 0 rings (SSSR count). The fourth-order valence-electron chi connectivity index (χ4n) is 0.326. The summed E-state index contributed by atoms with van der Waals surface area (Å²) in [4.78, 5) is 10.6. The third kappa shape index (κ3) is 5.86. The van der Waals surface area contributed by atoms with E-state index in [1.54, 1.807) is 0 Å². The highest BCUT2D eigenvalue weighted by Crippen LogP contribution is 2.04. The molecule has 0 aromatic heterocycles. The van der Waals surface area contributed by atoms with E-state index in [2.05, 4.69) is 0 Å². The molecule has 0 unspecified atom stereocenters. The summed E-state index contributed by atoms with van der Waals surface area (Å²) in [6, 6.07) is 0.130. The Kier molecular flexibility index (Phi) is 4.81. The molecule has 0 aromatic rings. The smallest absolute Gasteiger partial charge is 0.188 e. The minimum absolute atomic E-state index is 0.130. The van der Waals surface area contributed by atoms with E-state index >= 15 is 0 Å². The van der Waals surface area contributed by atoms with Gasteiger partial charge < -0.3 is 5.73 Å². The van der Waals surface area contributed by atoms with Crippen molar-refractivity contribution in [1.29, 1.82) is 0 Å². The summed E-state index contributed by atoms with van der Waals surface area (Å²) in [6.07, 6.45) is 0.609. The van der Waals surface area contributed by atoms with Crippen molar-refractivity contribution >= 4 is 16.9 Å². The highest BCUT2D eigenvalue weighted by molar-refractivity contribution is 8.13. The minimum Gasteiger partial charge on any atom is -0.327 e. The van der Waals surface area contributed by atoms with Crippen molar-refractivity contribution < 1.29 is 4.79 Å². The third-order valence-corrected chi connectivity index (χ3v) is 2.10. The van der Waals surface area contributed by atoms with Crippen LogP contribution in [0.25, 0.3) is 0 Å². The largest absolute Gasteiger partial charge is 0.327 e.